The topological polar surface area (TPSA) is 66.0 Å². The van der Waals surface area contributed by atoms with Gasteiger partial charge in [0.15, 0.2) is 0 Å². The van der Waals surface area contributed by atoms with Crippen molar-refractivity contribution in [2.45, 2.75) is 26.2 Å². The van der Waals surface area contributed by atoms with Gasteiger partial charge in [-0.05, 0) is 92.8 Å². The molecule has 0 saturated heterocycles. The molecule has 6 nitrogen and oxygen atoms in total. The highest BCUT2D eigenvalue weighted by Crippen LogP contribution is 2.34. The highest BCUT2D eigenvalue weighted by Gasteiger charge is 2.20. The molecule has 0 atom stereocenters. The van der Waals surface area contributed by atoms with Gasteiger partial charge in [0.05, 0.1) is 22.1 Å². The van der Waals surface area contributed by atoms with Gasteiger partial charge in [-0.25, -0.2) is 9.97 Å². The van der Waals surface area contributed by atoms with Gasteiger partial charge in [0.25, 0.3) is 0 Å². The molecule has 3 heterocycles. The average Bonchev–Trinajstić information content (AvgIpc) is 2.84. The van der Waals surface area contributed by atoms with Crippen molar-refractivity contribution < 1.29 is 0 Å². The van der Waals surface area contributed by atoms with Gasteiger partial charge in [-0.2, -0.15) is 0 Å². The van der Waals surface area contributed by atoms with Gasteiger partial charge in [0.1, 0.15) is 0 Å². The zero-order chi connectivity index (χ0) is 22.0. The summed E-state index contributed by atoms with van der Waals surface area (Å²) in [6.45, 7) is 3.05. The molecule has 1 aliphatic rings. The van der Waals surface area contributed by atoms with E-state index in [2.05, 4.69) is 86.5 Å². The number of rotatable bonds is 6. The lowest BCUT2D eigenvalue weighted by Crippen LogP contribution is -2.13. The minimum Gasteiger partial charge on any atom is -0.349 e. The van der Waals surface area contributed by atoms with E-state index in [-0.39, 0.29) is 0 Å². The van der Waals surface area contributed by atoms with Crippen molar-refractivity contribution in [1.82, 2.24) is 19.9 Å². The lowest BCUT2D eigenvalue weighted by Gasteiger charge is -2.13. The first-order chi connectivity index (χ1) is 14.9. The number of nitrogens with zero attached hydrogens (tertiary/aromatic N) is 4. The molecule has 0 unspecified atom stereocenters. The number of aromatic nitrogens is 3. The van der Waals surface area contributed by atoms with E-state index >= 15 is 0 Å². The molecule has 0 radical (unpaired) electrons. The second-order valence-corrected chi connectivity index (χ2v) is 9.73. The standard InChI is InChI=1S/C23H25IN6S/c1-14-19(9-15(12-25-14)5-4-8-30(2)3)28-23-26-13-16-10-21(31)27-20-11-17(24)6-7-18(20)22(16)29-23/h6-7,9,11-13H,4-5,8,10H2,1-3H3,(H,27,31)(H,26,28,29). The van der Waals surface area contributed by atoms with Crippen molar-refractivity contribution in [2.75, 3.05) is 31.3 Å². The lowest BCUT2D eigenvalue weighted by molar-refractivity contribution is 0.400. The molecule has 8 heteroatoms. The summed E-state index contributed by atoms with van der Waals surface area (Å²) in [7, 11) is 4.19. The van der Waals surface area contributed by atoms with Crippen molar-refractivity contribution in [1.29, 1.82) is 0 Å². The summed E-state index contributed by atoms with van der Waals surface area (Å²) in [5.41, 5.74) is 7.02. The molecule has 0 bridgehead atoms. The van der Waals surface area contributed by atoms with E-state index in [4.69, 9.17) is 17.2 Å². The summed E-state index contributed by atoms with van der Waals surface area (Å²) in [4.78, 5) is 17.0. The van der Waals surface area contributed by atoms with Crippen molar-refractivity contribution in [3.8, 4) is 11.3 Å². The van der Waals surface area contributed by atoms with Gasteiger partial charge in [0.2, 0.25) is 5.95 Å². The summed E-state index contributed by atoms with van der Waals surface area (Å²) in [5.74, 6) is 0.561. The van der Waals surface area contributed by atoms with Crippen LogP contribution in [0.2, 0.25) is 0 Å². The maximum Gasteiger partial charge on any atom is 0.227 e. The van der Waals surface area contributed by atoms with Crippen LogP contribution < -0.4 is 10.6 Å². The summed E-state index contributed by atoms with van der Waals surface area (Å²) >= 11 is 7.82. The number of pyridine rings is 1. The summed E-state index contributed by atoms with van der Waals surface area (Å²) in [5, 5.41) is 6.73. The molecular formula is C23H25IN6S. The minimum atomic E-state index is 0.561. The number of halogens is 1. The predicted octanol–water partition coefficient (Wildman–Crippen LogP) is 4.98. The summed E-state index contributed by atoms with van der Waals surface area (Å²) in [6.07, 6.45) is 6.53. The zero-order valence-corrected chi connectivity index (χ0v) is 20.8. The Hall–Kier alpha value is -2.17. The lowest BCUT2D eigenvalue weighted by atomic mass is 10.1. The third-order valence-corrected chi connectivity index (χ3v) is 6.10. The Morgan fingerprint density at radius 1 is 1.19 bits per heavy atom. The molecule has 0 spiro atoms. The van der Waals surface area contributed by atoms with E-state index in [9.17, 15) is 0 Å². The van der Waals surface area contributed by atoms with Crippen LogP contribution in [0.5, 0.6) is 0 Å². The number of nitrogens with one attached hydrogen (secondary N) is 2. The van der Waals surface area contributed by atoms with Crippen LogP contribution in [-0.4, -0.2) is 45.5 Å². The van der Waals surface area contributed by atoms with Crippen LogP contribution in [0.15, 0.2) is 36.7 Å². The van der Waals surface area contributed by atoms with Crippen LogP contribution in [0.1, 0.15) is 23.2 Å². The highest BCUT2D eigenvalue weighted by molar-refractivity contribution is 14.1. The molecule has 1 aromatic carbocycles. The molecule has 0 aliphatic carbocycles. The van der Waals surface area contributed by atoms with Gasteiger partial charge in [-0.1, -0.05) is 12.2 Å². The first-order valence-corrected chi connectivity index (χ1v) is 11.7. The number of hydrogen-bond donors (Lipinski definition) is 2. The van der Waals surface area contributed by atoms with Gasteiger partial charge < -0.3 is 15.5 Å². The van der Waals surface area contributed by atoms with Crippen molar-refractivity contribution in [3.05, 3.63) is 57.1 Å². The van der Waals surface area contributed by atoms with Gasteiger partial charge in [-0.3, -0.25) is 4.98 Å². The average molecular weight is 544 g/mol. The fourth-order valence-corrected chi connectivity index (χ4v) is 4.34. The van der Waals surface area contributed by atoms with E-state index in [1.165, 1.54) is 5.56 Å². The van der Waals surface area contributed by atoms with E-state index in [1.807, 2.05) is 19.3 Å². The minimum absolute atomic E-state index is 0.561. The molecule has 160 valence electrons. The summed E-state index contributed by atoms with van der Waals surface area (Å²) < 4.78 is 1.15. The fourth-order valence-electron chi connectivity index (χ4n) is 3.58. The number of hydrogen-bond acceptors (Lipinski definition) is 6. The van der Waals surface area contributed by atoms with Crippen LogP contribution in [0.25, 0.3) is 11.3 Å². The highest BCUT2D eigenvalue weighted by atomic mass is 127. The van der Waals surface area contributed by atoms with E-state index in [0.717, 1.165) is 61.8 Å². The molecule has 0 amide bonds. The van der Waals surface area contributed by atoms with E-state index in [1.54, 1.807) is 0 Å². The monoisotopic (exact) mass is 544 g/mol. The van der Waals surface area contributed by atoms with Gasteiger partial charge in [0, 0.05) is 39.2 Å². The van der Waals surface area contributed by atoms with Gasteiger partial charge >= 0.3 is 0 Å². The maximum atomic E-state index is 5.51. The molecule has 31 heavy (non-hydrogen) atoms. The van der Waals surface area contributed by atoms with Crippen LogP contribution in [0.3, 0.4) is 0 Å². The Morgan fingerprint density at radius 3 is 2.84 bits per heavy atom. The van der Waals surface area contributed by atoms with Crippen molar-refractivity contribution in [3.63, 3.8) is 0 Å². The molecule has 1 aliphatic heterocycles. The van der Waals surface area contributed by atoms with Crippen molar-refractivity contribution in [2.24, 2.45) is 0 Å². The Bertz CT molecular complexity index is 1130. The predicted molar refractivity (Wildman–Crippen MR) is 139 cm³/mol. The SMILES string of the molecule is Cc1ncc(CCCN(C)C)cc1Nc1ncc2c(n1)-c1ccc(I)cc1NC(=S)C2. The van der Waals surface area contributed by atoms with Gasteiger partial charge in [-0.15, -0.1) is 0 Å². The third kappa shape index (κ3) is 5.36. The normalized spacial score (nSPS) is 12.7. The quantitative estimate of drug-likeness (QED) is 0.335. The number of benzene rings is 1. The Kier molecular flexibility index (Phi) is 6.78. The maximum absolute atomic E-state index is 5.51. The van der Waals surface area contributed by atoms with Crippen LogP contribution in [0.4, 0.5) is 17.3 Å². The molecule has 4 rings (SSSR count). The zero-order valence-electron chi connectivity index (χ0n) is 17.9. The van der Waals surface area contributed by atoms with Crippen molar-refractivity contribution >= 4 is 57.1 Å². The molecule has 3 aromatic rings. The van der Waals surface area contributed by atoms with E-state index in [0.29, 0.717) is 12.4 Å². The first kappa shape index (κ1) is 22.0. The molecule has 2 aromatic heterocycles. The number of anilines is 3. The Labute approximate surface area is 202 Å². The second-order valence-electron chi connectivity index (χ2n) is 7.99. The molecular weight excluding hydrogens is 519 g/mol. The third-order valence-electron chi connectivity index (χ3n) is 5.19. The van der Waals surface area contributed by atoms with Crippen LogP contribution in [-0.2, 0) is 12.8 Å². The molecule has 0 fully saturated rings. The number of fused-ring (bicyclic) bond motifs is 3. The van der Waals surface area contributed by atoms with Crippen LogP contribution >= 0.6 is 34.8 Å². The largest absolute Gasteiger partial charge is 0.349 e. The number of thiocarbonyl (C=S) groups is 1. The fraction of sp³-hybridized carbons (Fsp3) is 0.304. The van der Waals surface area contributed by atoms with E-state index < -0.39 is 0 Å². The first-order valence-electron chi connectivity index (χ1n) is 10.2. The molecule has 0 saturated carbocycles. The smallest absolute Gasteiger partial charge is 0.227 e. The number of aryl methyl sites for hydroxylation is 2. The Morgan fingerprint density at radius 2 is 2.03 bits per heavy atom. The van der Waals surface area contributed by atoms with Crippen LogP contribution in [0, 0.1) is 10.5 Å². The summed E-state index contributed by atoms with van der Waals surface area (Å²) in [6, 6.07) is 8.42. The molecule has 2 N–H and O–H groups in total. The Balaban J connectivity index is 1.63. The second kappa shape index (κ2) is 9.54.